The number of hydrogen-bond donors (Lipinski definition) is 2. The van der Waals surface area contributed by atoms with E-state index in [0.29, 0.717) is 0 Å². The Labute approximate surface area is 64.0 Å². The van der Waals surface area contributed by atoms with Crippen LogP contribution in [0.25, 0.3) is 0 Å². The van der Waals surface area contributed by atoms with Gasteiger partial charge >= 0.3 is 5.97 Å². The number of carboxylic acids is 1. The Morgan fingerprint density at radius 3 is 2.40 bits per heavy atom. The van der Waals surface area contributed by atoms with E-state index >= 15 is 0 Å². The highest BCUT2D eigenvalue weighted by atomic mass is 35.5. The molecule has 1 heterocycles. The van der Waals surface area contributed by atoms with Crippen molar-refractivity contribution in [3.05, 3.63) is 0 Å². The summed E-state index contributed by atoms with van der Waals surface area (Å²) in [4.78, 5) is 10.1. The van der Waals surface area contributed by atoms with E-state index in [1.807, 2.05) is 0 Å². The second-order valence-corrected chi connectivity index (χ2v) is 2.12. The number of carbonyl (C=O) groups is 1. The summed E-state index contributed by atoms with van der Waals surface area (Å²) in [6.07, 6.45) is -1.21. The van der Waals surface area contributed by atoms with Crippen LogP contribution in [0.4, 0.5) is 4.39 Å². The molecule has 0 saturated carbocycles. The lowest BCUT2D eigenvalue weighted by molar-refractivity contribution is -0.142. The molecular formula is C5H9ClFNO2. The zero-order valence-corrected chi connectivity index (χ0v) is 6.03. The van der Waals surface area contributed by atoms with Crippen LogP contribution < -0.4 is 5.32 Å². The SMILES string of the molecule is Cl.O=C(O)[C@@H]1CNC[C@H]1F. The maximum Gasteiger partial charge on any atom is 0.310 e. The quantitative estimate of drug-likeness (QED) is 0.583. The standard InChI is InChI=1S/C5H8FNO2.ClH/c6-4-2-7-1-3(4)5(8)9;/h3-4,7H,1-2H2,(H,8,9);1H/t3-,4-;/m1./s1. The molecular weight excluding hydrogens is 161 g/mol. The van der Waals surface area contributed by atoms with Crippen molar-refractivity contribution in [3.8, 4) is 0 Å². The molecule has 0 amide bonds. The second-order valence-electron chi connectivity index (χ2n) is 2.12. The Morgan fingerprint density at radius 1 is 1.60 bits per heavy atom. The van der Waals surface area contributed by atoms with Gasteiger partial charge in [-0.05, 0) is 0 Å². The maximum atomic E-state index is 12.4. The minimum atomic E-state index is -1.21. The second kappa shape index (κ2) is 3.73. The van der Waals surface area contributed by atoms with Gasteiger partial charge in [-0.1, -0.05) is 0 Å². The number of alkyl halides is 1. The lowest BCUT2D eigenvalue weighted by Gasteiger charge is -2.02. The van der Waals surface area contributed by atoms with Crippen LogP contribution in [0, 0.1) is 5.92 Å². The average Bonchev–Trinajstić information content (AvgIpc) is 2.13. The fourth-order valence-electron chi connectivity index (χ4n) is 0.889. The molecule has 5 heteroatoms. The van der Waals surface area contributed by atoms with Crippen molar-refractivity contribution in [2.45, 2.75) is 6.17 Å². The van der Waals surface area contributed by atoms with E-state index < -0.39 is 18.1 Å². The predicted molar refractivity (Wildman–Crippen MR) is 36.1 cm³/mol. The third kappa shape index (κ3) is 1.82. The number of rotatable bonds is 1. The predicted octanol–water partition coefficient (Wildman–Crippen LogP) is 0.0503. The van der Waals surface area contributed by atoms with Gasteiger partial charge in [0.2, 0.25) is 0 Å². The van der Waals surface area contributed by atoms with Gasteiger partial charge in [0.05, 0.1) is 0 Å². The molecule has 0 radical (unpaired) electrons. The Bertz CT molecular complexity index is 133. The normalized spacial score (nSPS) is 31.3. The molecule has 1 aliphatic heterocycles. The molecule has 0 bridgehead atoms. The summed E-state index contributed by atoms with van der Waals surface area (Å²) in [5, 5.41) is 11.0. The lowest BCUT2D eigenvalue weighted by atomic mass is 10.1. The monoisotopic (exact) mass is 169 g/mol. The molecule has 1 saturated heterocycles. The Morgan fingerprint density at radius 2 is 2.20 bits per heavy atom. The van der Waals surface area contributed by atoms with E-state index in [2.05, 4.69) is 5.32 Å². The third-order valence-corrected chi connectivity index (χ3v) is 1.46. The first-order valence-corrected chi connectivity index (χ1v) is 2.79. The van der Waals surface area contributed by atoms with Crippen molar-refractivity contribution in [2.24, 2.45) is 5.92 Å². The van der Waals surface area contributed by atoms with Crippen LogP contribution in [-0.4, -0.2) is 30.3 Å². The van der Waals surface area contributed by atoms with E-state index in [0.717, 1.165) is 0 Å². The Kier molecular flexibility index (Phi) is 3.60. The summed E-state index contributed by atoms with van der Waals surface area (Å²) >= 11 is 0. The molecule has 0 aromatic carbocycles. The molecule has 0 unspecified atom stereocenters. The highest BCUT2D eigenvalue weighted by Gasteiger charge is 2.32. The zero-order valence-electron chi connectivity index (χ0n) is 5.21. The first-order valence-electron chi connectivity index (χ1n) is 2.79. The van der Waals surface area contributed by atoms with Crippen LogP contribution in [0.15, 0.2) is 0 Å². The van der Waals surface area contributed by atoms with Gasteiger partial charge in [0, 0.05) is 13.1 Å². The van der Waals surface area contributed by atoms with Gasteiger partial charge < -0.3 is 10.4 Å². The molecule has 60 valence electrons. The first kappa shape index (κ1) is 9.65. The van der Waals surface area contributed by atoms with Crippen molar-refractivity contribution in [3.63, 3.8) is 0 Å². The zero-order chi connectivity index (χ0) is 6.85. The molecule has 1 aliphatic rings. The van der Waals surface area contributed by atoms with Gasteiger partial charge in [0.25, 0.3) is 0 Å². The topological polar surface area (TPSA) is 49.3 Å². The van der Waals surface area contributed by atoms with Crippen LogP contribution in [0.5, 0.6) is 0 Å². The van der Waals surface area contributed by atoms with E-state index in [9.17, 15) is 9.18 Å². The Balaban J connectivity index is 0.000000810. The molecule has 10 heavy (non-hydrogen) atoms. The number of hydrogen-bond acceptors (Lipinski definition) is 2. The molecule has 0 aromatic heterocycles. The molecule has 3 nitrogen and oxygen atoms in total. The fourth-order valence-corrected chi connectivity index (χ4v) is 0.889. The molecule has 2 atom stereocenters. The molecule has 0 aliphatic carbocycles. The van der Waals surface area contributed by atoms with E-state index in [4.69, 9.17) is 5.11 Å². The summed E-state index contributed by atoms with van der Waals surface area (Å²) in [7, 11) is 0. The van der Waals surface area contributed by atoms with Crippen LogP contribution in [-0.2, 0) is 4.79 Å². The molecule has 2 N–H and O–H groups in total. The van der Waals surface area contributed by atoms with Gasteiger partial charge in [-0.25, -0.2) is 4.39 Å². The molecule has 0 aromatic rings. The third-order valence-electron chi connectivity index (χ3n) is 1.46. The fraction of sp³-hybridized carbons (Fsp3) is 0.800. The minimum absolute atomic E-state index is 0. The Hall–Kier alpha value is -0.350. The molecule has 1 rings (SSSR count). The van der Waals surface area contributed by atoms with Gasteiger partial charge in [-0.2, -0.15) is 0 Å². The highest BCUT2D eigenvalue weighted by Crippen LogP contribution is 2.11. The van der Waals surface area contributed by atoms with E-state index in [-0.39, 0.29) is 25.5 Å². The highest BCUT2D eigenvalue weighted by molar-refractivity contribution is 5.85. The van der Waals surface area contributed by atoms with Gasteiger partial charge in [-0.3, -0.25) is 4.79 Å². The number of halogens is 2. The summed E-state index contributed by atoms with van der Waals surface area (Å²) in [5.41, 5.74) is 0. The van der Waals surface area contributed by atoms with Gasteiger partial charge in [0.15, 0.2) is 0 Å². The summed E-state index contributed by atoms with van der Waals surface area (Å²) < 4.78 is 12.4. The van der Waals surface area contributed by atoms with Gasteiger partial charge in [-0.15, -0.1) is 12.4 Å². The molecule has 1 fully saturated rings. The summed E-state index contributed by atoms with van der Waals surface area (Å²) in [6, 6.07) is 0. The van der Waals surface area contributed by atoms with Crippen molar-refractivity contribution < 1.29 is 14.3 Å². The van der Waals surface area contributed by atoms with Crippen LogP contribution in [0.3, 0.4) is 0 Å². The number of nitrogens with one attached hydrogen (secondary N) is 1. The van der Waals surface area contributed by atoms with E-state index in [1.165, 1.54) is 0 Å². The van der Waals surface area contributed by atoms with Crippen LogP contribution in [0.2, 0.25) is 0 Å². The smallest absolute Gasteiger partial charge is 0.310 e. The van der Waals surface area contributed by atoms with Crippen molar-refractivity contribution in [1.29, 1.82) is 0 Å². The maximum absolute atomic E-state index is 12.4. The van der Waals surface area contributed by atoms with Crippen LogP contribution in [0.1, 0.15) is 0 Å². The lowest BCUT2D eigenvalue weighted by Crippen LogP contribution is -2.22. The minimum Gasteiger partial charge on any atom is -0.481 e. The average molecular weight is 170 g/mol. The van der Waals surface area contributed by atoms with Crippen molar-refractivity contribution in [2.75, 3.05) is 13.1 Å². The number of aliphatic carboxylic acids is 1. The number of carboxylic acid groups (broad SMARTS) is 1. The van der Waals surface area contributed by atoms with Crippen molar-refractivity contribution >= 4 is 18.4 Å². The van der Waals surface area contributed by atoms with E-state index in [1.54, 1.807) is 0 Å². The summed E-state index contributed by atoms with van der Waals surface area (Å²) in [6.45, 7) is 0.438. The largest absolute Gasteiger partial charge is 0.481 e. The van der Waals surface area contributed by atoms with Crippen LogP contribution >= 0.6 is 12.4 Å². The summed E-state index contributed by atoms with van der Waals surface area (Å²) in [5.74, 6) is -1.88. The first-order chi connectivity index (χ1) is 4.22. The molecule has 0 spiro atoms. The van der Waals surface area contributed by atoms with Gasteiger partial charge in [0.1, 0.15) is 12.1 Å². The van der Waals surface area contributed by atoms with Crippen molar-refractivity contribution in [1.82, 2.24) is 5.32 Å².